The van der Waals surface area contributed by atoms with Crippen molar-refractivity contribution in [2.24, 2.45) is 0 Å². The van der Waals surface area contributed by atoms with Crippen molar-refractivity contribution in [2.45, 2.75) is 116 Å². The number of aliphatic hydroxyl groups is 2. The van der Waals surface area contributed by atoms with E-state index in [4.69, 9.17) is 14.2 Å². The first-order chi connectivity index (χ1) is 15.9. The van der Waals surface area contributed by atoms with Gasteiger partial charge in [0.15, 0.2) is 17.6 Å². The van der Waals surface area contributed by atoms with Crippen LogP contribution in [0, 0.1) is 0 Å². The molecule has 0 aromatic heterocycles. The molecule has 1 aliphatic rings. The fraction of sp³-hybridized carbons (Fsp3) is 0.800. The van der Waals surface area contributed by atoms with E-state index in [1.807, 2.05) is 0 Å². The molecule has 1 aliphatic heterocycles. The molecule has 33 heavy (non-hydrogen) atoms. The second-order valence-electron chi connectivity index (χ2n) is 8.77. The molecule has 0 spiro atoms. The van der Waals surface area contributed by atoms with E-state index in [-0.39, 0.29) is 24.6 Å². The van der Waals surface area contributed by atoms with Crippen molar-refractivity contribution in [1.29, 1.82) is 0 Å². The van der Waals surface area contributed by atoms with Crippen molar-refractivity contribution in [2.75, 3.05) is 13.2 Å². The maximum absolute atomic E-state index is 11.9. The predicted octanol–water partition coefficient (Wildman–Crippen LogP) is 4.67. The number of carbonyl (C=O) groups excluding carboxylic acids is 3. The molecule has 0 bridgehead atoms. The Morgan fingerprint density at radius 3 is 1.97 bits per heavy atom. The van der Waals surface area contributed by atoms with Crippen LogP contribution in [0.3, 0.4) is 0 Å². The summed E-state index contributed by atoms with van der Waals surface area (Å²) in [4.78, 5) is 34.5. The molecular weight excluding hydrogens is 428 g/mol. The van der Waals surface area contributed by atoms with E-state index in [1.54, 1.807) is 0 Å². The minimum atomic E-state index is -1.41. The van der Waals surface area contributed by atoms with Crippen molar-refractivity contribution >= 4 is 17.7 Å². The van der Waals surface area contributed by atoms with Gasteiger partial charge in [-0.2, -0.15) is 0 Å². The molecule has 0 fully saturated rings. The van der Waals surface area contributed by atoms with Crippen LogP contribution in [0.4, 0.5) is 0 Å². The van der Waals surface area contributed by atoms with Gasteiger partial charge in [0.25, 0.3) is 0 Å². The highest BCUT2D eigenvalue weighted by Gasteiger charge is 2.41. The van der Waals surface area contributed by atoms with Gasteiger partial charge in [-0.1, -0.05) is 84.0 Å². The number of Topliss-reactive ketones (excluding diaryl/α,β-unsaturated/α-hetero) is 1. The number of cyclic esters (lactones) is 1. The Hall–Kier alpha value is -2.09. The summed E-state index contributed by atoms with van der Waals surface area (Å²) in [5.41, 5.74) is 0. The molecule has 0 aromatic carbocycles. The topological polar surface area (TPSA) is 119 Å². The molecule has 8 heteroatoms. The molecule has 2 unspecified atom stereocenters. The van der Waals surface area contributed by atoms with Crippen LogP contribution in [-0.2, 0) is 28.6 Å². The van der Waals surface area contributed by atoms with E-state index in [0.717, 1.165) is 19.3 Å². The zero-order valence-corrected chi connectivity index (χ0v) is 20.3. The lowest BCUT2D eigenvalue weighted by molar-refractivity contribution is -0.154. The number of ether oxygens (including phenoxy) is 3. The third-order valence-electron chi connectivity index (χ3n) is 5.60. The number of unbranched alkanes of at least 4 members (excludes halogenated alkanes) is 12. The summed E-state index contributed by atoms with van der Waals surface area (Å²) in [7, 11) is 0. The van der Waals surface area contributed by atoms with Crippen LogP contribution in [0.25, 0.3) is 0 Å². The van der Waals surface area contributed by atoms with Gasteiger partial charge in [0, 0.05) is 6.42 Å². The Morgan fingerprint density at radius 1 is 0.939 bits per heavy atom. The molecule has 8 nitrogen and oxygen atoms in total. The summed E-state index contributed by atoms with van der Waals surface area (Å²) in [6.07, 6.45) is 13.3. The van der Waals surface area contributed by atoms with E-state index in [1.165, 1.54) is 71.1 Å². The number of esters is 2. The number of carbonyl (C=O) groups is 3. The van der Waals surface area contributed by atoms with Gasteiger partial charge >= 0.3 is 11.9 Å². The molecule has 2 N–H and O–H groups in total. The minimum absolute atomic E-state index is 0.254. The first-order valence-electron chi connectivity index (χ1n) is 12.5. The van der Waals surface area contributed by atoms with Gasteiger partial charge < -0.3 is 24.4 Å². The van der Waals surface area contributed by atoms with Crippen molar-refractivity contribution in [3.63, 3.8) is 0 Å². The van der Waals surface area contributed by atoms with Gasteiger partial charge in [-0.3, -0.25) is 9.59 Å². The molecule has 0 amide bonds. The van der Waals surface area contributed by atoms with Gasteiger partial charge in [-0.05, 0) is 13.3 Å². The van der Waals surface area contributed by atoms with Crippen LogP contribution in [-0.4, -0.2) is 53.4 Å². The summed E-state index contributed by atoms with van der Waals surface area (Å²) in [6.45, 7) is 2.73. The minimum Gasteiger partial charge on any atom is -0.499 e. The monoisotopic (exact) mass is 470 g/mol. The first kappa shape index (κ1) is 28.9. The first-order valence-corrected chi connectivity index (χ1v) is 12.5. The molecule has 0 aromatic rings. The molecule has 2 atom stereocenters. The lowest BCUT2D eigenvalue weighted by Gasteiger charge is -2.19. The third kappa shape index (κ3) is 12.7. The zero-order valence-electron chi connectivity index (χ0n) is 20.3. The standard InChI is InChI=1S/C25H42O8/c1-3-4-5-6-7-8-9-10-11-12-13-14-15-16-21(28)31-18-20(27)23-24(32-17-19(2)26)22(29)25(30)33-23/h20,23,27,29H,3-18H2,1-2H3. The summed E-state index contributed by atoms with van der Waals surface area (Å²) in [5.74, 6) is -2.95. The zero-order chi connectivity index (χ0) is 24.5. The van der Waals surface area contributed by atoms with Crippen LogP contribution < -0.4 is 0 Å². The molecule has 1 heterocycles. The van der Waals surface area contributed by atoms with Crippen LogP contribution in [0.1, 0.15) is 104 Å². The number of ketones is 1. The average molecular weight is 471 g/mol. The van der Waals surface area contributed by atoms with Crippen molar-refractivity contribution in [3.8, 4) is 0 Å². The van der Waals surface area contributed by atoms with Gasteiger partial charge in [-0.25, -0.2) is 4.79 Å². The smallest absolute Gasteiger partial charge is 0.378 e. The van der Waals surface area contributed by atoms with Gasteiger partial charge in [-0.15, -0.1) is 0 Å². The Kier molecular flexibility index (Phi) is 15.3. The predicted molar refractivity (Wildman–Crippen MR) is 123 cm³/mol. The maximum atomic E-state index is 11.9. The number of hydrogen-bond donors (Lipinski definition) is 2. The van der Waals surface area contributed by atoms with Crippen molar-refractivity contribution in [1.82, 2.24) is 0 Å². The lowest BCUT2D eigenvalue weighted by Crippen LogP contribution is -2.34. The summed E-state index contributed by atoms with van der Waals surface area (Å²) in [5, 5.41) is 19.9. The van der Waals surface area contributed by atoms with E-state index < -0.39 is 36.5 Å². The van der Waals surface area contributed by atoms with E-state index in [2.05, 4.69) is 6.92 Å². The summed E-state index contributed by atoms with van der Waals surface area (Å²) < 4.78 is 15.0. The normalized spacial score (nSPS) is 16.6. The number of hydrogen-bond acceptors (Lipinski definition) is 8. The summed E-state index contributed by atoms with van der Waals surface area (Å²) in [6, 6.07) is 0. The van der Waals surface area contributed by atoms with Crippen molar-refractivity contribution < 1.29 is 38.8 Å². The van der Waals surface area contributed by atoms with Gasteiger partial charge in [0.1, 0.15) is 19.3 Å². The Balaban J connectivity index is 2.08. The molecule has 190 valence electrons. The van der Waals surface area contributed by atoms with E-state index >= 15 is 0 Å². The van der Waals surface area contributed by atoms with Crippen LogP contribution in [0.2, 0.25) is 0 Å². The second kappa shape index (κ2) is 17.4. The van der Waals surface area contributed by atoms with E-state index in [0.29, 0.717) is 0 Å². The SMILES string of the molecule is CCCCCCCCCCCCCCCC(=O)OCC(O)C1OC(=O)C(O)=C1OCC(C)=O. The van der Waals surface area contributed by atoms with E-state index in [9.17, 15) is 24.6 Å². The fourth-order valence-corrected chi connectivity index (χ4v) is 3.67. The van der Waals surface area contributed by atoms with Gasteiger partial charge in [0.05, 0.1) is 0 Å². The fourth-order valence-electron chi connectivity index (χ4n) is 3.67. The van der Waals surface area contributed by atoms with Crippen LogP contribution in [0.15, 0.2) is 11.5 Å². The number of rotatable bonds is 20. The second-order valence-corrected chi connectivity index (χ2v) is 8.77. The molecule has 0 saturated carbocycles. The molecule has 0 saturated heterocycles. The van der Waals surface area contributed by atoms with Gasteiger partial charge in [0.2, 0.25) is 5.76 Å². The Bertz CT molecular complexity index is 628. The molecule has 0 aliphatic carbocycles. The summed E-state index contributed by atoms with van der Waals surface area (Å²) >= 11 is 0. The lowest BCUT2D eigenvalue weighted by atomic mass is 10.0. The number of aliphatic hydroxyl groups excluding tert-OH is 2. The highest BCUT2D eigenvalue weighted by atomic mass is 16.6. The highest BCUT2D eigenvalue weighted by molar-refractivity contribution is 5.89. The van der Waals surface area contributed by atoms with Crippen LogP contribution >= 0.6 is 0 Å². The van der Waals surface area contributed by atoms with Crippen LogP contribution in [0.5, 0.6) is 0 Å². The molecule has 0 radical (unpaired) electrons. The quantitative estimate of drug-likeness (QED) is 0.195. The Labute approximate surface area is 197 Å². The Morgan fingerprint density at radius 2 is 1.45 bits per heavy atom. The van der Waals surface area contributed by atoms with Crippen molar-refractivity contribution in [3.05, 3.63) is 11.5 Å². The molecular formula is C25H42O8. The molecule has 1 rings (SSSR count). The maximum Gasteiger partial charge on any atom is 0.378 e. The third-order valence-corrected chi connectivity index (χ3v) is 5.60. The highest BCUT2D eigenvalue weighted by Crippen LogP contribution is 2.25. The average Bonchev–Trinajstić information content (AvgIpc) is 3.07. The largest absolute Gasteiger partial charge is 0.499 e.